The summed E-state index contributed by atoms with van der Waals surface area (Å²) >= 11 is 0. The number of methoxy groups -OCH3 is 1. The van der Waals surface area contributed by atoms with Crippen LogP contribution in [0.25, 0.3) is 22.3 Å². The minimum atomic E-state index is -0.394. The molecule has 0 amide bonds. The quantitative estimate of drug-likeness (QED) is 0.150. The molecule has 2 aromatic heterocycles. The molecule has 1 N–H and O–H groups in total. The topological polar surface area (TPSA) is 138 Å². The molecule has 0 aliphatic carbocycles. The van der Waals surface area contributed by atoms with E-state index >= 15 is 4.39 Å². The standard InChI is InChI=1S/C37H35FN4O5.CH2O2/c1-23-12-33-37(34(13-23)46-11-10-43-2)41-35(42(33)19-29-8-9-45-29)17-26-16-31(38)30-15-28(26)21-44-20-27-14-24(18-39)6-7-25(27)22-47-36-5-3-4-32(30)40-36;2-1-3/h3-7,12-16,29H,8-11,17,19-22H2,1-2H3;1H,(H,2,3). The average Bonchev–Trinajstić information content (AvgIpc) is 3.43. The van der Waals surface area contributed by atoms with Gasteiger partial charge in [0.1, 0.15) is 36.1 Å². The third kappa shape index (κ3) is 7.76. The van der Waals surface area contributed by atoms with Gasteiger partial charge < -0.3 is 33.4 Å². The normalized spacial score (nSPS) is 15.0. The molecule has 1 fully saturated rings. The van der Waals surface area contributed by atoms with Crippen molar-refractivity contribution in [3.63, 3.8) is 0 Å². The molecule has 0 saturated carbocycles. The maximum Gasteiger partial charge on any atom is 0.290 e. The second kappa shape index (κ2) is 15.9. The number of nitriles is 1. The van der Waals surface area contributed by atoms with Gasteiger partial charge in [0.05, 0.1) is 55.3 Å². The molecule has 2 aliphatic rings. The molecule has 0 radical (unpaired) electrons. The van der Waals surface area contributed by atoms with Gasteiger partial charge in [-0.3, -0.25) is 4.79 Å². The summed E-state index contributed by atoms with van der Waals surface area (Å²) < 4.78 is 47.6. The van der Waals surface area contributed by atoms with Gasteiger partial charge >= 0.3 is 0 Å². The SMILES string of the molecule is COCCOc1cc(C)cc2c1nc(Cc1cc(F)c3cc1COCc1cc(C#N)ccc1COc1cccc-3n1)n2CC1CCO1.O=CO. The average molecular weight is 681 g/mol. The third-order valence-corrected chi connectivity index (χ3v) is 8.63. The van der Waals surface area contributed by atoms with Crippen molar-refractivity contribution in [2.75, 3.05) is 26.9 Å². The van der Waals surface area contributed by atoms with E-state index in [0.717, 1.165) is 57.7 Å². The Kier molecular flexibility index (Phi) is 11.0. The fourth-order valence-corrected chi connectivity index (χ4v) is 6.05. The lowest BCUT2D eigenvalue weighted by Gasteiger charge is -2.27. The van der Waals surface area contributed by atoms with Gasteiger partial charge in [-0.25, -0.2) is 14.4 Å². The van der Waals surface area contributed by atoms with E-state index in [1.165, 1.54) is 0 Å². The molecule has 0 spiro atoms. The smallest absolute Gasteiger partial charge is 0.290 e. The number of hydrogen-bond acceptors (Lipinski definition) is 9. The minimum absolute atomic E-state index is 0.0832. The van der Waals surface area contributed by atoms with E-state index in [9.17, 15) is 5.26 Å². The van der Waals surface area contributed by atoms with E-state index in [2.05, 4.69) is 21.7 Å². The number of aryl methyl sites for hydroxylation is 1. The number of imidazole rings is 1. The van der Waals surface area contributed by atoms with Crippen LogP contribution in [0.5, 0.6) is 11.6 Å². The Morgan fingerprint density at radius 1 is 1.06 bits per heavy atom. The van der Waals surface area contributed by atoms with Crippen molar-refractivity contribution in [3.05, 3.63) is 106 Å². The van der Waals surface area contributed by atoms with Crippen LogP contribution < -0.4 is 9.47 Å². The summed E-state index contributed by atoms with van der Waals surface area (Å²) in [6.45, 7) is 4.73. The van der Waals surface area contributed by atoms with Crippen LogP contribution in [-0.4, -0.2) is 59.1 Å². The Morgan fingerprint density at radius 2 is 1.88 bits per heavy atom. The van der Waals surface area contributed by atoms with Gasteiger partial charge in [-0.1, -0.05) is 12.1 Å². The molecule has 4 bridgehead atoms. The van der Waals surface area contributed by atoms with E-state index in [1.54, 1.807) is 37.4 Å². The zero-order chi connectivity index (χ0) is 35.0. The Hall–Kier alpha value is -5.35. The third-order valence-electron chi connectivity index (χ3n) is 8.63. The number of hydrogen-bond donors (Lipinski definition) is 1. The van der Waals surface area contributed by atoms with Crippen LogP contribution in [-0.2, 0) is 51.8 Å². The molecular formula is C38H37FN4O7. The fourth-order valence-electron chi connectivity index (χ4n) is 6.05. The predicted octanol–water partition coefficient (Wildman–Crippen LogP) is 6.13. The molecule has 258 valence electrons. The number of halogens is 1. The van der Waals surface area contributed by atoms with Crippen LogP contribution >= 0.6 is 0 Å². The largest absolute Gasteiger partial charge is 0.489 e. The summed E-state index contributed by atoms with van der Waals surface area (Å²) in [6.07, 6.45) is 1.41. The Balaban J connectivity index is 0.00000139. The first-order chi connectivity index (χ1) is 24.4. The lowest BCUT2D eigenvalue weighted by molar-refractivity contribution is -0.122. The number of aromatic nitrogens is 3. The van der Waals surface area contributed by atoms with Crippen molar-refractivity contribution < 1.29 is 38.0 Å². The van der Waals surface area contributed by atoms with Crippen molar-refractivity contribution in [3.8, 4) is 29.0 Å². The number of benzene rings is 3. The van der Waals surface area contributed by atoms with Crippen molar-refractivity contribution in [1.82, 2.24) is 14.5 Å². The summed E-state index contributed by atoms with van der Waals surface area (Å²) in [5.41, 5.74) is 7.42. The maximum absolute atomic E-state index is 16.0. The zero-order valence-electron chi connectivity index (χ0n) is 27.9. The van der Waals surface area contributed by atoms with E-state index in [4.69, 9.17) is 38.6 Å². The molecular weight excluding hydrogens is 643 g/mol. The van der Waals surface area contributed by atoms with Crippen LogP contribution in [0.1, 0.15) is 45.6 Å². The fraction of sp³-hybridized carbons (Fsp3) is 0.316. The number of rotatable bonds is 8. The number of carbonyl (C=O) groups is 1. The lowest BCUT2D eigenvalue weighted by Crippen LogP contribution is -2.31. The van der Waals surface area contributed by atoms with Crippen LogP contribution in [0, 0.1) is 24.1 Å². The zero-order valence-corrected chi connectivity index (χ0v) is 27.9. The van der Waals surface area contributed by atoms with Crippen molar-refractivity contribution >= 4 is 17.5 Å². The molecule has 3 aromatic carbocycles. The number of ether oxygens (including phenoxy) is 5. The number of pyridine rings is 1. The van der Waals surface area contributed by atoms with Gasteiger partial charge in [0.2, 0.25) is 5.88 Å². The maximum atomic E-state index is 16.0. The summed E-state index contributed by atoms with van der Waals surface area (Å²) in [7, 11) is 1.64. The van der Waals surface area contributed by atoms with Crippen LogP contribution in [0.3, 0.4) is 0 Å². The van der Waals surface area contributed by atoms with Gasteiger partial charge in [-0.15, -0.1) is 0 Å². The first-order valence-corrected chi connectivity index (χ1v) is 16.2. The lowest BCUT2D eigenvalue weighted by atomic mass is 9.98. The highest BCUT2D eigenvalue weighted by atomic mass is 19.1. The summed E-state index contributed by atoms with van der Waals surface area (Å²) in [5, 5.41) is 16.4. The molecule has 7 rings (SSSR count). The van der Waals surface area contributed by atoms with E-state index in [0.29, 0.717) is 54.6 Å². The first kappa shape index (κ1) is 34.5. The molecule has 12 heteroatoms. The molecule has 2 aliphatic heterocycles. The predicted molar refractivity (Wildman–Crippen MR) is 181 cm³/mol. The molecule has 4 heterocycles. The summed E-state index contributed by atoms with van der Waals surface area (Å²) in [5.74, 6) is 1.45. The second-order valence-corrected chi connectivity index (χ2v) is 12.0. The molecule has 1 unspecified atom stereocenters. The molecule has 5 aromatic rings. The summed E-state index contributed by atoms with van der Waals surface area (Å²) in [4.78, 5) is 18.1. The van der Waals surface area contributed by atoms with Crippen molar-refractivity contribution in [1.29, 1.82) is 5.26 Å². The van der Waals surface area contributed by atoms with Crippen molar-refractivity contribution in [2.24, 2.45) is 0 Å². The molecule has 1 atom stereocenters. The number of carboxylic acid groups (broad SMARTS) is 1. The molecule has 11 nitrogen and oxygen atoms in total. The van der Waals surface area contributed by atoms with E-state index < -0.39 is 5.82 Å². The van der Waals surface area contributed by atoms with Crippen LogP contribution in [0.2, 0.25) is 0 Å². The van der Waals surface area contributed by atoms with E-state index in [-0.39, 0.29) is 32.4 Å². The highest BCUT2D eigenvalue weighted by Crippen LogP contribution is 2.33. The molecule has 50 heavy (non-hydrogen) atoms. The molecule has 1 saturated heterocycles. The minimum Gasteiger partial charge on any atom is -0.489 e. The highest BCUT2D eigenvalue weighted by Gasteiger charge is 2.25. The monoisotopic (exact) mass is 680 g/mol. The van der Waals surface area contributed by atoms with Gasteiger partial charge in [0.15, 0.2) is 0 Å². The van der Waals surface area contributed by atoms with Crippen LogP contribution in [0.4, 0.5) is 4.39 Å². The second-order valence-electron chi connectivity index (χ2n) is 12.0. The Morgan fingerprint density at radius 3 is 2.64 bits per heavy atom. The summed E-state index contributed by atoms with van der Waals surface area (Å²) in [6, 6.07) is 20.5. The van der Waals surface area contributed by atoms with Gasteiger partial charge in [-0.2, -0.15) is 5.26 Å². The first-order valence-electron chi connectivity index (χ1n) is 16.2. The highest BCUT2D eigenvalue weighted by molar-refractivity contribution is 5.83. The van der Waals surface area contributed by atoms with Gasteiger partial charge in [0.25, 0.3) is 6.47 Å². The Bertz CT molecular complexity index is 2040. The van der Waals surface area contributed by atoms with Crippen LogP contribution in [0.15, 0.2) is 60.7 Å². The number of nitrogens with zero attached hydrogens (tertiary/aromatic N) is 4. The van der Waals surface area contributed by atoms with Gasteiger partial charge in [0, 0.05) is 31.8 Å². The van der Waals surface area contributed by atoms with E-state index in [1.807, 2.05) is 31.2 Å². The number of fused-ring (bicyclic) bond motifs is 7. The Labute approximate surface area is 288 Å². The van der Waals surface area contributed by atoms with Crippen molar-refractivity contribution in [2.45, 2.75) is 52.2 Å². The van der Waals surface area contributed by atoms with Gasteiger partial charge in [-0.05, 0) is 83.6 Å².